The zero-order valence-electron chi connectivity index (χ0n) is 52.5. The average molecular weight is 1240 g/mol. The van der Waals surface area contributed by atoms with E-state index in [9.17, 15) is 19.2 Å². The Bertz CT molecular complexity index is 3700. The highest BCUT2D eigenvalue weighted by molar-refractivity contribution is 5.76. The van der Waals surface area contributed by atoms with E-state index in [0.29, 0.717) is 90.0 Å². The first-order valence-corrected chi connectivity index (χ1v) is 30.5. The average Bonchev–Trinajstić information content (AvgIpc) is 0.968. The Labute approximate surface area is 532 Å². The zero-order valence-corrected chi connectivity index (χ0v) is 52.5. The van der Waals surface area contributed by atoms with Crippen LogP contribution in [0.5, 0.6) is 23.0 Å². The summed E-state index contributed by atoms with van der Waals surface area (Å²) in [6, 6.07) is 38.3. The predicted octanol–water partition coefficient (Wildman–Crippen LogP) is 17.0. The number of carbonyl (C=O) groups is 4. The van der Waals surface area contributed by atoms with Crippen LogP contribution in [0, 0.1) is 27.7 Å². The van der Waals surface area contributed by atoms with Crippen molar-refractivity contribution in [3.63, 3.8) is 0 Å². The second kappa shape index (κ2) is 28.4. The molecule has 92 heavy (non-hydrogen) atoms. The highest BCUT2D eigenvalue weighted by Crippen LogP contribution is 2.46. The first-order valence-electron chi connectivity index (χ1n) is 30.5. The largest absolute Gasteiger partial charge is 0.481 e. The number of aryl methyl sites for hydroxylation is 4. The Balaban J connectivity index is 1.31. The van der Waals surface area contributed by atoms with Gasteiger partial charge in [-0.2, -0.15) is 40.9 Å². The molecule has 0 radical (unpaired) electrons. The second-order valence-electron chi connectivity index (χ2n) is 22.3. The van der Waals surface area contributed by atoms with E-state index in [2.05, 4.69) is 0 Å². The molecule has 0 spiro atoms. The molecule has 0 fully saturated rings. The fraction of sp³-hybridized carbons (Fsp3) is 0.278. The smallest absolute Gasteiger partial charge is 0.344 e. The van der Waals surface area contributed by atoms with Gasteiger partial charge < -0.3 is 37.9 Å². The lowest BCUT2D eigenvalue weighted by molar-refractivity contribution is -0.146. The van der Waals surface area contributed by atoms with Gasteiger partial charge in [-0.05, 0) is 197 Å². The summed E-state index contributed by atoms with van der Waals surface area (Å²) in [6.07, 6.45) is -0.0751. The molecule has 0 saturated heterocycles. The summed E-state index contributed by atoms with van der Waals surface area (Å²) in [5.41, 5.74) is 15.1. The number of carbonyl (C=O) groups excluding carboxylic acids is 4. The predicted molar refractivity (Wildman–Crippen MR) is 345 cm³/mol. The van der Waals surface area contributed by atoms with Gasteiger partial charge in [0.15, 0.2) is 26.4 Å². The van der Waals surface area contributed by atoms with Gasteiger partial charge in [-0.25, -0.2) is 19.2 Å². The van der Waals surface area contributed by atoms with Crippen molar-refractivity contribution in [3.8, 4) is 45.3 Å². The van der Waals surface area contributed by atoms with Crippen molar-refractivity contribution in [1.29, 1.82) is 0 Å². The molecule has 0 atom stereocenters. The Morgan fingerprint density at radius 2 is 0.489 bits per heavy atom. The van der Waals surface area contributed by atoms with E-state index in [0.717, 1.165) is 44.5 Å². The Hall–Kier alpha value is -10.8. The quantitative estimate of drug-likeness (QED) is 0.0648. The van der Waals surface area contributed by atoms with Crippen molar-refractivity contribution in [2.45, 2.75) is 81.1 Å². The van der Waals surface area contributed by atoms with E-state index in [1.165, 1.54) is 0 Å². The number of esters is 4. The summed E-state index contributed by atoms with van der Waals surface area (Å²) in [5.74, 6) is -1.43. The van der Waals surface area contributed by atoms with Crippen LogP contribution in [0.15, 0.2) is 162 Å². The minimum absolute atomic E-state index is 0.0188. The standard InChI is InChI=1S/C72H68N8O12/c1-9-85-65(81)37-89-69-49-25-51-31-58-33-53(70(51)90-38-66(82)86-10-2)27-55-35-60-36-56(72(55)92-40-68(84)88-12-4)28-54-34-59(75-79-63-19-15-48(23-43(63)7)47-14-18-62(78-74-58)42(6)22-47)32-52(71(54)91-39-67(83)87-11-3)26-50(69)30-57(29-49)73-77-61-17-13-45(21-41(61)5)46-16-20-64(80-76-60)44(8)24-46/h13-24,29-36H,9-12,25-28,37-40H2,1-8H3. The SMILES string of the molecule is CCOC(=O)COc1c2cc3cc1Cc1cc4cc(c1OCC(=O)OCC)Cc1cc(cc(c1OCC(=O)OCC)Cc1cc(cc(c1OCC(=O)OCC)C2)N=Nc1ccc(cc1C)-c1ccc(c(C)c1)N=N4)N=Nc1ccc(cc1C)-c1ccc(c(C)c1)N=N3. The maximum absolute atomic E-state index is 13.6. The number of nitrogens with zero attached hydrogens (tertiary/aromatic N) is 8. The third-order valence-corrected chi connectivity index (χ3v) is 15.5. The van der Waals surface area contributed by atoms with Crippen LogP contribution in [-0.2, 0) is 63.8 Å². The van der Waals surface area contributed by atoms with Crippen molar-refractivity contribution in [2.24, 2.45) is 40.9 Å². The van der Waals surface area contributed by atoms with E-state index in [4.69, 9.17) is 78.8 Å². The van der Waals surface area contributed by atoms with Gasteiger partial charge in [0, 0.05) is 70.2 Å². The highest BCUT2D eigenvalue weighted by Gasteiger charge is 2.27. The van der Waals surface area contributed by atoms with Gasteiger partial charge in [0.25, 0.3) is 0 Å². The molecular weight excluding hydrogens is 1170 g/mol. The number of hydrogen-bond donors (Lipinski definition) is 0. The molecule has 0 N–H and O–H groups in total. The van der Waals surface area contributed by atoms with E-state index in [1.54, 1.807) is 27.7 Å². The Morgan fingerprint density at radius 3 is 0.663 bits per heavy atom. The van der Waals surface area contributed by atoms with Crippen LogP contribution in [0.4, 0.5) is 45.5 Å². The van der Waals surface area contributed by atoms with Crippen LogP contribution in [-0.4, -0.2) is 76.7 Å². The van der Waals surface area contributed by atoms with Gasteiger partial charge >= 0.3 is 23.9 Å². The van der Waals surface area contributed by atoms with Gasteiger partial charge in [-0.3, -0.25) is 0 Å². The molecule has 20 heteroatoms. The molecule has 20 nitrogen and oxygen atoms in total. The van der Waals surface area contributed by atoms with Crippen molar-refractivity contribution in [1.82, 2.24) is 0 Å². The van der Waals surface area contributed by atoms with Crippen molar-refractivity contribution in [3.05, 3.63) is 188 Å². The van der Waals surface area contributed by atoms with E-state index < -0.39 is 50.3 Å². The van der Waals surface area contributed by atoms with Crippen molar-refractivity contribution >= 4 is 69.4 Å². The maximum atomic E-state index is 13.6. The molecule has 12 aliphatic heterocycles. The first kappa shape index (κ1) is 62.8. The van der Waals surface area contributed by atoms with Crippen molar-refractivity contribution < 1.29 is 57.1 Å². The minimum Gasteiger partial charge on any atom is -0.481 e. The summed E-state index contributed by atoms with van der Waals surface area (Å²) < 4.78 is 48.7. The Kier molecular flexibility index (Phi) is 19.4. The molecule has 13 aliphatic rings. The molecule has 0 unspecified atom stereocenters. The van der Waals surface area contributed by atoms with Crippen LogP contribution in [0.2, 0.25) is 0 Å². The van der Waals surface area contributed by atoms with Gasteiger partial charge in [-0.1, -0.05) is 24.3 Å². The minimum atomic E-state index is -0.626. The molecule has 1 aliphatic carbocycles. The molecule has 20 bridgehead atoms. The number of rotatable bonds is 16. The normalized spacial score (nSPS) is 12.5. The van der Waals surface area contributed by atoms with E-state index >= 15 is 0 Å². The van der Waals surface area contributed by atoms with Gasteiger partial charge in [0.2, 0.25) is 0 Å². The lowest BCUT2D eigenvalue weighted by atomic mass is 9.90. The number of ether oxygens (including phenoxy) is 8. The van der Waals surface area contributed by atoms with Crippen molar-refractivity contribution in [2.75, 3.05) is 52.9 Å². The fourth-order valence-electron chi connectivity index (χ4n) is 11.4. The molecule has 0 amide bonds. The van der Waals surface area contributed by atoms with Crippen LogP contribution in [0.25, 0.3) is 22.3 Å². The highest BCUT2D eigenvalue weighted by atomic mass is 16.6. The third kappa shape index (κ3) is 14.8. The van der Waals surface area contributed by atoms with Gasteiger partial charge in [-0.15, -0.1) is 0 Å². The molecule has 8 aromatic carbocycles. The fourth-order valence-corrected chi connectivity index (χ4v) is 11.4. The number of benzene rings is 8. The lowest BCUT2D eigenvalue weighted by Crippen LogP contribution is -2.18. The number of azo groups is 4. The maximum Gasteiger partial charge on any atom is 0.344 e. The molecule has 8 aromatic rings. The Morgan fingerprint density at radius 1 is 0.293 bits per heavy atom. The van der Waals surface area contributed by atoms with Crippen LogP contribution < -0.4 is 18.9 Å². The second-order valence-corrected chi connectivity index (χ2v) is 22.3. The monoisotopic (exact) mass is 1240 g/mol. The number of hydrogen-bond acceptors (Lipinski definition) is 20. The first-order chi connectivity index (χ1) is 44.6. The summed E-state index contributed by atoms with van der Waals surface area (Å²) in [5, 5.41) is 39.3. The van der Waals surface area contributed by atoms with Crippen LogP contribution in [0.3, 0.4) is 0 Å². The summed E-state index contributed by atoms with van der Waals surface area (Å²) in [6.45, 7) is 13.1. The molecule has 468 valence electrons. The van der Waals surface area contributed by atoms with Gasteiger partial charge in [0.1, 0.15) is 23.0 Å². The van der Waals surface area contributed by atoms with E-state index in [1.807, 2.05) is 149 Å². The molecule has 0 aromatic heterocycles. The molecule has 12 heterocycles. The molecule has 0 saturated carbocycles. The zero-order chi connectivity index (χ0) is 64.4. The molecule has 21 rings (SSSR count). The summed E-state index contributed by atoms with van der Waals surface area (Å²) in [7, 11) is 0. The van der Waals surface area contributed by atoms with E-state index in [-0.39, 0.29) is 75.1 Å². The van der Waals surface area contributed by atoms with Crippen LogP contribution in [0.1, 0.15) is 94.5 Å². The topological polar surface area (TPSA) is 241 Å². The van der Waals surface area contributed by atoms with Gasteiger partial charge in [0.05, 0.1) is 71.9 Å². The lowest BCUT2D eigenvalue weighted by Gasteiger charge is -2.23. The summed E-state index contributed by atoms with van der Waals surface area (Å²) >= 11 is 0. The van der Waals surface area contributed by atoms with Crippen LogP contribution >= 0.6 is 0 Å². The summed E-state index contributed by atoms with van der Waals surface area (Å²) in [4.78, 5) is 54.2. The molecular formula is C72H68N8O12. The third-order valence-electron chi connectivity index (χ3n) is 15.5.